The number of fused-ring (bicyclic) bond motifs is 2. The fraction of sp³-hybridized carbons (Fsp3) is 0.733. The number of halogens is 1. The molecule has 2 aliphatic rings. The van der Waals surface area contributed by atoms with Crippen LogP contribution in [0, 0.1) is 0 Å². The molecule has 0 N–H and O–H groups in total. The third-order valence-corrected chi connectivity index (χ3v) is 5.09. The molecule has 0 amide bonds. The summed E-state index contributed by atoms with van der Waals surface area (Å²) in [6, 6.07) is 3.50. The van der Waals surface area contributed by atoms with Crippen molar-refractivity contribution in [2.24, 2.45) is 0 Å². The molecular formula is C15H23BrN4. The Morgan fingerprint density at radius 3 is 2.70 bits per heavy atom. The fourth-order valence-corrected chi connectivity index (χ4v) is 3.75. The van der Waals surface area contributed by atoms with Crippen LogP contribution in [0.15, 0.2) is 10.7 Å². The molecule has 2 aliphatic heterocycles. The molecule has 2 atom stereocenters. The molecule has 0 radical (unpaired) electrons. The van der Waals surface area contributed by atoms with Crippen LogP contribution >= 0.6 is 15.9 Å². The minimum atomic E-state index is 0.359. The minimum Gasteiger partial charge on any atom is -0.355 e. The van der Waals surface area contributed by atoms with Crippen LogP contribution < -0.4 is 4.90 Å². The molecule has 0 spiro atoms. The smallest absolute Gasteiger partial charge is 0.134 e. The predicted molar refractivity (Wildman–Crippen MR) is 85.2 cm³/mol. The summed E-state index contributed by atoms with van der Waals surface area (Å²) in [6.45, 7) is 6.48. The lowest BCUT2D eigenvalue weighted by molar-refractivity contribution is 0.254. The van der Waals surface area contributed by atoms with E-state index in [9.17, 15) is 0 Å². The molecule has 2 saturated heterocycles. The van der Waals surface area contributed by atoms with E-state index in [-0.39, 0.29) is 0 Å². The first-order chi connectivity index (χ1) is 9.54. The van der Waals surface area contributed by atoms with Crippen molar-refractivity contribution in [2.45, 2.75) is 51.1 Å². The minimum absolute atomic E-state index is 0.359. The first kappa shape index (κ1) is 14.3. The quantitative estimate of drug-likeness (QED) is 0.776. The Morgan fingerprint density at radius 2 is 1.95 bits per heavy atom. The Labute approximate surface area is 129 Å². The predicted octanol–water partition coefficient (Wildman–Crippen LogP) is 3.04. The van der Waals surface area contributed by atoms with Gasteiger partial charge in [0, 0.05) is 37.2 Å². The van der Waals surface area contributed by atoms with E-state index in [1.165, 1.54) is 19.3 Å². The van der Waals surface area contributed by atoms with Crippen molar-refractivity contribution in [1.82, 2.24) is 14.9 Å². The summed E-state index contributed by atoms with van der Waals surface area (Å²) >= 11 is 3.53. The van der Waals surface area contributed by atoms with E-state index in [0.29, 0.717) is 12.0 Å². The number of nitrogens with zero attached hydrogens (tertiary/aromatic N) is 4. The lowest BCUT2D eigenvalue weighted by Gasteiger charge is -2.27. The molecule has 0 saturated carbocycles. The van der Waals surface area contributed by atoms with Crippen molar-refractivity contribution in [1.29, 1.82) is 0 Å². The highest BCUT2D eigenvalue weighted by Crippen LogP contribution is 2.31. The van der Waals surface area contributed by atoms with Crippen LogP contribution in [0.3, 0.4) is 0 Å². The van der Waals surface area contributed by atoms with E-state index in [4.69, 9.17) is 4.98 Å². The van der Waals surface area contributed by atoms with Crippen LogP contribution in [0.1, 0.15) is 44.9 Å². The van der Waals surface area contributed by atoms with E-state index >= 15 is 0 Å². The first-order valence-electron chi connectivity index (χ1n) is 7.56. The number of hydrogen-bond donors (Lipinski definition) is 0. The summed E-state index contributed by atoms with van der Waals surface area (Å²) in [5.74, 6) is 2.37. The second-order valence-corrected chi connectivity index (χ2v) is 7.16. The molecule has 1 aromatic rings. The van der Waals surface area contributed by atoms with Gasteiger partial charge in [-0.25, -0.2) is 9.97 Å². The summed E-state index contributed by atoms with van der Waals surface area (Å²) in [5, 5.41) is 0. The summed E-state index contributed by atoms with van der Waals surface area (Å²) in [6.07, 6.45) is 3.92. The molecular weight excluding hydrogens is 316 g/mol. The highest BCUT2D eigenvalue weighted by molar-refractivity contribution is 9.10. The number of hydrogen-bond acceptors (Lipinski definition) is 4. The third kappa shape index (κ3) is 2.70. The average molecular weight is 339 g/mol. The van der Waals surface area contributed by atoms with Crippen LogP contribution in [0.5, 0.6) is 0 Å². The highest BCUT2D eigenvalue weighted by atomic mass is 79.9. The Bertz CT molecular complexity index is 491. The van der Waals surface area contributed by atoms with Gasteiger partial charge in [-0.3, -0.25) is 4.90 Å². The van der Waals surface area contributed by atoms with E-state index in [1.807, 2.05) is 0 Å². The summed E-state index contributed by atoms with van der Waals surface area (Å²) in [4.78, 5) is 14.3. The Morgan fingerprint density at radius 1 is 1.20 bits per heavy atom. The van der Waals surface area contributed by atoms with Crippen LogP contribution in [-0.4, -0.2) is 47.1 Å². The summed E-state index contributed by atoms with van der Waals surface area (Å²) in [5.41, 5.74) is 0. The first-order valence-corrected chi connectivity index (χ1v) is 8.35. The maximum absolute atomic E-state index is 4.77. The van der Waals surface area contributed by atoms with Crippen molar-refractivity contribution in [2.75, 3.05) is 25.0 Å². The zero-order valence-corrected chi connectivity index (χ0v) is 14.1. The molecule has 2 unspecified atom stereocenters. The van der Waals surface area contributed by atoms with Gasteiger partial charge < -0.3 is 4.90 Å². The summed E-state index contributed by atoms with van der Waals surface area (Å²) in [7, 11) is 2.28. The van der Waals surface area contributed by atoms with E-state index in [0.717, 1.165) is 35.4 Å². The average Bonchev–Trinajstić information content (AvgIpc) is 2.62. The molecule has 0 aromatic carbocycles. The van der Waals surface area contributed by atoms with Gasteiger partial charge in [-0.15, -0.1) is 0 Å². The standard InChI is InChI=1S/C15H23BrN4/c1-10(2)15-17-13(16)8-14(18-15)20-7-6-11-4-5-12(9-20)19(11)3/h8,10-12H,4-7,9H2,1-3H3. The molecule has 110 valence electrons. The zero-order chi connectivity index (χ0) is 14.3. The molecule has 3 rings (SSSR count). The Balaban J connectivity index is 1.86. The van der Waals surface area contributed by atoms with Crippen molar-refractivity contribution in [3.63, 3.8) is 0 Å². The van der Waals surface area contributed by atoms with Gasteiger partial charge in [0.2, 0.25) is 0 Å². The zero-order valence-electron chi connectivity index (χ0n) is 12.5. The molecule has 2 bridgehead atoms. The largest absolute Gasteiger partial charge is 0.355 e. The van der Waals surface area contributed by atoms with Gasteiger partial charge in [-0.05, 0) is 42.2 Å². The Hall–Kier alpha value is -0.680. The van der Waals surface area contributed by atoms with Gasteiger partial charge in [0.25, 0.3) is 0 Å². The van der Waals surface area contributed by atoms with Crippen LogP contribution in [-0.2, 0) is 0 Å². The lowest BCUT2D eigenvalue weighted by atomic mass is 10.1. The van der Waals surface area contributed by atoms with Gasteiger partial charge >= 0.3 is 0 Å². The maximum atomic E-state index is 4.77. The molecule has 0 aliphatic carbocycles. The number of rotatable bonds is 2. The van der Waals surface area contributed by atoms with E-state index < -0.39 is 0 Å². The highest BCUT2D eigenvalue weighted by Gasteiger charge is 2.35. The molecule has 1 aromatic heterocycles. The van der Waals surface area contributed by atoms with Gasteiger partial charge in [-0.1, -0.05) is 13.8 Å². The monoisotopic (exact) mass is 338 g/mol. The normalized spacial score (nSPS) is 27.1. The number of anilines is 1. The molecule has 20 heavy (non-hydrogen) atoms. The van der Waals surface area contributed by atoms with E-state index in [2.05, 4.69) is 57.7 Å². The maximum Gasteiger partial charge on any atom is 0.134 e. The third-order valence-electron chi connectivity index (χ3n) is 4.69. The Kier molecular flexibility index (Phi) is 4.00. The van der Waals surface area contributed by atoms with Crippen molar-refractivity contribution in [3.05, 3.63) is 16.5 Å². The molecule has 4 nitrogen and oxygen atoms in total. The second kappa shape index (κ2) is 5.60. The van der Waals surface area contributed by atoms with Crippen molar-refractivity contribution in [3.8, 4) is 0 Å². The molecule has 5 heteroatoms. The van der Waals surface area contributed by atoms with Crippen molar-refractivity contribution < 1.29 is 0 Å². The van der Waals surface area contributed by atoms with Gasteiger partial charge in [0.1, 0.15) is 16.2 Å². The van der Waals surface area contributed by atoms with Crippen molar-refractivity contribution >= 4 is 21.7 Å². The van der Waals surface area contributed by atoms with Gasteiger partial charge in [0.05, 0.1) is 0 Å². The number of aromatic nitrogens is 2. The second-order valence-electron chi connectivity index (χ2n) is 6.35. The van der Waals surface area contributed by atoms with Gasteiger partial charge in [0.15, 0.2) is 0 Å². The topological polar surface area (TPSA) is 32.3 Å². The molecule has 3 heterocycles. The van der Waals surface area contributed by atoms with E-state index in [1.54, 1.807) is 0 Å². The van der Waals surface area contributed by atoms with Gasteiger partial charge in [-0.2, -0.15) is 0 Å². The van der Waals surface area contributed by atoms with Crippen LogP contribution in [0.25, 0.3) is 0 Å². The number of likely N-dealkylation sites (N-methyl/N-ethyl adjacent to an activating group) is 1. The summed E-state index contributed by atoms with van der Waals surface area (Å²) < 4.78 is 0.897. The van der Waals surface area contributed by atoms with Crippen LogP contribution in [0.4, 0.5) is 5.82 Å². The fourth-order valence-electron chi connectivity index (χ4n) is 3.36. The SMILES string of the molecule is CC(C)c1nc(Br)cc(N2CCC3CCC(C2)N3C)n1. The lowest BCUT2D eigenvalue weighted by Crippen LogP contribution is -2.37. The molecule has 2 fully saturated rings. The van der Waals surface area contributed by atoms with Crippen LogP contribution in [0.2, 0.25) is 0 Å².